The molecular weight excluding hydrogens is 286 g/mol. The summed E-state index contributed by atoms with van der Waals surface area (Å²) >= 11 is 0. The standard InChI is InChI=1S/C16H15NO3S/c1-3-12-17(14-6-8-15(18)9-7-14)21(19,20)16-10-4-13(2)5-11-16/h1,4-11,14H,12H2,2H3. The number of terminal acetylenes is 1. The number of hydrogen-bond acceptors (Lipinski definition) is 3. The molecule has 1 aromatic carbocycles. The summed E-state index contributed by atoms with van der Waals surface area (Å²) < 4.78 is 26.6. The van der Waals surface area contributed by atoms with E-state index in [1.165, 1.54) is 28.6 Å². The van der Waals surface area contributed by atoms with Gasteiger partial charge < -0.3 is 0 Å². The highest BCUT2D eigenvalue weighted by atomic mass is 32.2. The third-order valence-corrected chi connectivity index (χ3v) is 4.98. The Balaban J connectivity index is 2.40. The fourth-order valence-electron chi connectivity index (χ4n) is 1.98. The van der Waals surface area contributed by atoms with Gasteiger partial charge in [0.05, 0.1) is 17.5 Å². The molecule has 1 aliphatic rings. The monoisotopic (exact) mass is 301 g/mol. The fourth-order valence-corrected chi connectivity index (χ4v) is 3.44. The number of benzene rings is 1. The summed E-state index contributed by atoms with van der Waals surface area (Å²) in [6, 6.07) is 6.02. The van der Waals surface area contributed by atoms with Crippen LogP contribution in [0.25, 0.3) is 0 Å². The van der Waals surface area contributed by atoms with Crippen LogP contribution in [0.15, 0.2) is 53.5 Å². The average Bonchev–Trinajstić information content (AvgIpc) is 2.46. The van der Waals surface area contributed by atoms with E-state index in [1.54, 1.807) is 24.3 Å². The number of sulfonamides is 1. The summed E-state index contributed by atoms with van der Waals surface area (Å²) in [4.78, 5) is 11.3. The second kappa shape index (κ2) is 6.08. The van der Waals surface area contributed by atoms with Gasteiger partial charge in [-0.1, -0.05) is 35.8 Å². The maximum atomic E-state index is 12.7. The second-order valence-electron chi connectivity index (χ2n) is 4.68. The zero-order chi connectivity index (χ0) is 15.5. The number of ketones is 1. The van der Waals surface area contributed by atoms with Gasteiger partial charge in [0.1, 0.15) is 0 Å². The Labute approximate surface area is 124 Å². The highest BCUT2D eigenvalue weighted by Crippen LogP contribution is 2.21. The van der Waals surface area contributed by atoms with Crippen LogP contribution >= 0.6 is 0 Å². The number of carbonyl (C=O) groups excluding carboxylic acids is 1. The van der Waals surface area contributed by atoms with Crippen molar-refractivity contribution in [1.82, 2.24) is 4.31 Å². The zero-order valence-corrected chi connectivity index (χ0v) is 12.4. The van der Waals surface area contributed by atoms with E-state index in [0.29, 0.717) is 0 Å². The number of aryl methyl sites for hydroxylation is 1. The predicted octanol–water partition coefficient (Wildman–Crippen LogP) is 1.68. The minimum Gasteiger partial charge on any atom is -0.290 e. The molecule has 0 saturated carbocycles. The van der Waals surface area contributed by atoms with Crippen molar-refractivity contribution in [3.8, 4) is 12.3 Å². The lowest BCUT2D eigenvalue weighted by atomic mass is 10.1. The Morgan fingerprint density at radius 1 is 1.19 bits per heavy atom. The van der Waals surface area contributed by atoms with Gasteiger partial charge >= 0.3 is 0 Å². The van der Waals surface area contributed by atoms with Crippen molar-refractivity contribution in [3.63, 3.8) is 0 Å². The number of nitrogens with zero attached hydrogens (tertiary/aromatic N) is 1. The van der Waals surface area contributed by atoms with E-state index in [9.17, 15) is 13.2 Å². The minimum absolute atomic E-state index is 0.0657. The number of carbonyl (C=O) groups is 1. The van der Waals surface area contributed by atoms with Gasteiger partial charge in [-0.25, -0.2) is 8.42 Å². The molecule has 0 bridgehead atoms. The van der Waals surface area contributed by atoms with Crippen LogP contribution in [0.1, 0.15) is 5.56 Å². The van der Waals surface area contributed by atoms with Crippen molar-refractivity contribution >= 4 is 15.8 Å². The summed E-state index contributed by atoms with van der Waals surface area (Å²) in [6.45, 7) is 1.82. The molecule has 4 nitrogen and oxygen atoms in total. The first kappa shape index (κ1) is 15.2. The van der Waals surface area contributed by atoms with E-state index in [-0.39, 0.29) is 17.2 Å². The molecule has 0 N–H and O–H groups in total. The Morgan fingerprint density at radius 3 is 2.29 bits per heavy atom. The molecule has 0 spiro atoms. The molecule has 1 aliphatic carbocycles. The highest BCUT2D eigenvalue weighted by Gasteiger charge is 2.29. The van der Waals surface area contributed by atoms with Crippen LogP contribution in [0.4, 0.5) is 0 Å². The quantitative estimate of drug-likeness (QED) is 0.795. The summed E-state index contributed by atoms with van der Waals surface area (Å²) in [5.74, 6) is 2.19. The van der Waals surface area contributed by atoms with Crippen LogP contribution in [-0.2, 0) is 14.8 Å². The summed E-state index contributed by atoms with van der Waals surface area (Å²) in [6.07, 6.45) is 11.0. The van der Waals surface area contributed by atoms with E-state index in [1.807, 2.05) is 6.92 Å². The lowest BCUT2D eigenvalue weighted by molar-refractivity contribution is -0.110. The number of allylic oxidation sites excluding steroid dienone is 2. The van der Waals surface area contributed by atoms with Crippen LogP contribution in [0.3, 0.4) is 0 Å². The van der Waals surface area contributed by atoms with Gasteiger partial charge in [0.25, 0.3) is 0 Å². The van der Waals surface area contributed by atoms with Gasteiger partial charge in [0.2, 0.25) is 10.0 Å². The summed E-state index contributed by atoms with van der Waals surface area (Å²) in [5.41, 5.74) is 0.973. The number of hydrogen-bond donors (Lipinski definition) is 0. The van der Waals surface area contributed by atoms with Gasteiger partial charge in [-0.15, -0.1) is 6.42 Å². The van der Waals surface area contributed by atoms with E-state index in [2.05, 4.69) is 5.92 Å². The van der Waals surface area contributed by atoms with Gasteiger partial charge in [0, 0.05) is 0 Å². The van der Waals surface area contributed by atoms with Crippen LogP contribution in [-0.4, -0.2) is 31.1 Å². The Kier molecular flexibility index (Phi) is 4.41. The van der Waals surface area contributed by atoms with Crippen LogP contribution in [0, 0.1) is 19.3 Å². The molecule has 2 rings (SSSR count). The first-order valence-corrected chi connectivity index (χ1v) is 7.81. The predicted molar refractivity (Wildman–Crippen MR) is 81.0 cm³/mol. The third-order valence-electron chi connectivity index (χ3n) is 3.12. The smallest absolute Gasteiger partial charge is 0.244 e. The van der Waals surface area contributed by atoms with Crippen LogP contribution in [0.2, 0.25) is 0 Å². The van der Waals surface area contributed by atoms with Crippen molar-refractivity contribution in [2.24, 2.45) is 0 Å². The lowest BCUT2D eigenvalue weighted by Gasteiger charge is -2.26. The van der Waals surface area contributed by atoms with E-state index in [0.717, 1.165) is 5.56 Å². The van der Waals surface area contributed by atoms with Gasteiger partial charge in [-0.2, -0.15) is 4.31 Å². The Hall–Kier alpha value is -2.16. The summed E-state index contributed by atoms with van der Waals surface area (Å²) in [7, 11) is -3.72. The summed E-state index contributed by atoms with van der Waals surface area (Å²) in [5, 5.41) is 0. The van der Waals surface area contributed by atoms with Gasteiger partial charge in [-0.3, -0.25) is 4.79 Å². The second-order valence-corrected chi connectivity index (χ2v) is 6.57. The molecule has 21 heavy (non-hydrogen) atoms. The molecule has 108 valence electrons. The van der Waals surface area contributed by atoms with E-state index in [4.69, 9.17) is 6.42 Å². The fraction of sp³-hybridized carbons (Fsp3) is 0.188. The SMILES string of the molecule is C#CCN(C1C=CC(=O)C=C1)S(=O)(=O)c1ccc(C)cc1. The van der Waals surface area contributed by atoms with Crippen molar-refractivity contribution in [1.29, 1.82) is 0 Å². The molecule has 1 aromatic rings. The molecular formula is C16H15NO3S. The normalized spacial score (nSPS) is 15.4. The van der Waals surface area contributed by atoms with Gasteiger partial charge in [-0.05, 0) is 31.2 Å². The first-order valence-electron chi connectivity index (χ1n) is 6.37. The number of rotatable bonds is 4. The molecule has 0 heterocycles. The zero-order valence-electron chi connectivity index (χ0n) is 11.6. The van der Waals surface area contributed by atoms with Crippen molar-refractivity contribution in [2.75, 3.05) is 6.54 Å². The molecule has 0 radical (unpaired) electrons. The van der Waals surface area contributed by atoms with Crippen LogP contribution in [0.5, 0.6) is 0 Å². The topological polar surface area (TPSA) is 54.5 Å². The van der Waals surface area contributed by atoms with Crippen molar-refractivity contribution in [2.45, 2.75) is 17.9 Å². The molecule has 0 aromatic heterocycles. The lowest BCUT2D eigenvalue weighted by Crippen LogP contribution is -2.39. The van der Waals surface area contributed by atoms with Crippen molar-refractivity contribution in [3.05, 3.63) is 54.1 Å². The molecule has 5 heteroatoms. The van der Waals surface area contributed by atoms with Gasteiger partial charge in [0.15, 0.2) is 5.78 Å². The molecule has 0 saturated heterocycles. The largest absolute Gasteiger partial charge is 0.290 e. The molecule has 0 fully saturated rings. The average molecular weight is 301 g/mol. The maximum absolute atomic E-state index is 12.7. The molecule has 0 amide bonds. The Bertz CT molecular complexity index is 721. The van der Waals surface area contributed by atoms with E-state index >= 15 is 0 Å². The first-order chi connectivity index (χ1) is 9.95. The molecule has 0 atom stereocenters. The highest BCUT2D eigenvalue weighted by molar-refractivity contribution is 7.89. The Morgan fingerprint density at radius 2 is 1.76 bits per heavy atom. The van der Waals surface area contributed by atoms with Crippen LogP contribution < -0.4 is 0 Å². The van der Waals surface area contributed by atoms with Crippen molar-refractivity contribution < 1.29 is 13.2 Å². The third kappa shape index (κ3) is 3.30. The molecule has 0 aliphatic heterocycles. The van der Waals surface area contributed by atoms with E-state index < -0.39 is 16.1 Å². The maximum Gasteiger partial charge on any atom is 0.244 e. The minimum atomic E-state index is -3.72. The molecule has 0 unspecified atom stereocenters.